The standard InChI is InChI=1S/C15H17F3N4S/c1-21-13(8-19-20-21)9-22-5-6-23-10-14(22)11-3-2-4-12(7-11)15(16,17)18/h2-4,7-8,14H,5-6,9-10H2,1H3. The first-order chi connectivity index (χ1) is 10.9. The van der Waals surface area contributed by atoms with Gasteiger partial charge in [-0.2, -0.15) is 24.9 Å². The van der Waals surface area contributed by atoms with Gasteiger partial charge in [-0.25, -0.2) is 0 Å². The van der Waals surface area contributed by atoms with Crippen molar-refractivity contribution < 1.29 is 13.2 Å². The molecule has 0 saturated carbocycles. The van der Waals surface area contributed by atoms with Gasteiger partial charge in [0.05, 0.1) is 17.5 Å². The van der Waals surface area contributed by atoms with Crippen LogP contribution in [0.3, 0.4) is 0 Å². The smallest absolute Gasteiger partial charge is 0.289 e. The Kier molecular flexibility index (Phi) is 4.63. The molecule has 1 aliphatic heterocycles. The maximum atomic E-state index is 13.0. The van der Waals surface area contributed by atoms with Crippen molar-refractivity contribution in [3.63, 3.8) is 0 Å². The van der Waals surface area contributed by atoms with Crippen LogP contribution >= 0.6 is 11.8 Å². The van der Waals surface area contributed by atoms with E-state index in [0.717, 1.165) is 29.8 Å². The lowest BCUT2D eigenvalue weighted by Crippen LogP contribution is -2.36. The lowest BCUT2D eigenvalue weighted by atomic mass is 10.0. The van der Waals surface area contributed by atoms with E-state index in [1.807, 2.05) is 7.05 Å². The van der Waals surface area contributed by atoms with Gasteiger partial charge in [0, 0.05) is 37.7 Å². The Labute approximate surface area is 136 Å². The van der Waals surface area contributed by atoms with Gasteiger partial charge in [0.2, 0.25) is 0 Å². The fraction of sp³-hybridized carbons (Fsp3) is 0.467. The zero-order valence-electron chi connectivity index (χ0n) is 12.6. The number of hydrogen-bond acceptors (Lipinski definition) is 4. The highest BCUT2D eigenvalue weighted by atomic mass is 32.2. The van der Waals surface area contributed by atoms with Crippen LogP contribution < -0.4 is 0 Å². The van der Waals surface area contributed by atoms with Gasteiger partial charge in [-0.3, -0.25) is 9.58 Å². The topological polar surface area (TPSA) is 34.0 Å². The number of rotatable bonds is 3. The molecule has 0 radical (unpaired) electrons. The van der Waals surface area contributed by atoms with Crippen molar-refractivity contribution in [2.24, 2.45) is 7.05 Å². The van der Waals surface area contributed by atoms with Crippen molar-refractivity contribution >= 4 is 11.8 Å². The number of benzene rings is 1. The second-order valence-electron chi connectivity index (χ2n) is 5.53. The predicted molar refractivity (Wildman–Crippen MR) is 82.9 cm³/mol. The molecule has 2 heterocycles. The van der Waals surface area contributed by atoms with E-state index in [2.05, 4.69) is 15.2 Å². The molecule has 1 fully saturated rings. The van der Waals surface area contributed by atoms with E-state index in [9.17, 15) is 13.2 Å². The maximum absolute atomic E-state index is 13.0. The molecule has 0 bridgehead atoms. The molecule has 124 valence electrons. The lowest BCUT2D eigenvalue weighted by Gasteiger charge is -2.35. The fourth-order valence-corrected chi connectivity index (χ4v) is 3.88. The molecule has 0 amide bonds. The SMILES string of the molecule is Cn1nncc1CN1CCSCC1c1cccc(C(F)(F)F)c1. The Bertz CT molecular complexity index is 671. The Morgan fingerprint density at radius 2 is 2.17 bits per heavy atom. The Morgan fingerprint density at radius 3 is 2.87 bits per heavy atom. The molecule has 0 spiro atoms. The van der Waals surface area contributed by atoms with Gasteiger partial charge in [-0.15, -0.1) is 5.10 Å². The molecule has 4 nitrogen and oxygen atoms in total. The van der Waals surface area contributed by atoms with Gasteiger partial charge in [-0.05, 0) is 17.7 Å². The van der Waals surface area contributed by atoms with Crippen LogP contribution in [0.1, 0.15) is 22.9 Å². The zero-order valence-corrected chi connectivity index (χ0v) is 13.4. The summed E-state index contributed by atoms with van der Waals surface area (Å²) in [6.45, 7) is 1.46. The summed E-state index contributed by atoms with van der Waals surface area (Å²) in [4.78, 5) is 2.20. The summed E-state index contributed by atoms with van der Waals surface area (Å²) in [5.41, 5.74) is 1.07. The molecule has 1 atom stereocenters. The van der Waals surface area contributed by atoms with Crippen molar-refractivity contribution in [3.8, 4) is 0 Å². The number of thioether (sulfide) groups is 1. The summed E-state index contributed by atoms with van der Waals surface area (Å²) in [6, 6.07) is 5.62. The lowest BCUT2D eigenvalue weighted by molar-refractivity contribution is -0.137. The second-order valence-corrected chi connectivity index (χ2v) is 6.68. The minimum Gasteiger partial charge on any atom is -0.289 e. The van der Waals surface area contributed by atoms with Crippen LogP contribution in [0.2, 0.25) is 0 Å². The van der Waals surface area contributed by atoms with E-state index in [4.69, 9.17) is 0 Å². The van der Waals surface area contributed by atoms with Crippen molar-refractivity contribution in [2.45, 2.75) is 18.8 Å². The highest BCUT2D eigenvalue weighted by Gasteiger charge is 2.32. The maximum Gasteiger partial charge on any atom is 0.416 e. The third-order valence-electron chi connectivity index (χ3n) is 4.01. The molecule has 1 unspecified atom stereocenters. The van der Waals surface area contributed by atoms with Crippen LogP contribution in [0, 0.1) is 0 Å². The first-order valence-electron chi connectivity index (χ1n) is 7.27. The summed E-state index contributed by atoms with van der Waals surface area (Å²) in [5.74, 6) is 1.76. The van der Waals surface area contributed by atoms with Gasteiger partial charge in [0.1, 0.15) is 0 Å². The average Bonchev–Trinajstić information content (AvgIpc) is 2.92. The average molecular weight is 342 g/mol. The third-order valence-corrected chi connectivity index (χ3v) is 5.03. The van der Waals surface area contributed by atoms with E-state index >= 15 is 0 Å². The number of aromatic nitrogens is 3. The molecule has 3 rings (SSSR count). The van der Waals surface area contributed by atoms with Crippen LogP contribution in [-0.2, 0) is 19.8 Å². The van der Waals surface area contributed by atoms with Gasteiger partial charge in [0.15, 0.2) is 0 Å². The Hall–Kier alpha value is -1.54. The quantitative estimate of drug-likeness (QED) is 0.858. The van der Waals surface area contributed by atoms with Gasteiger partial charge >= 0.3 is 6.18 Å². The third kappa shape index (κ3) is 3.69. The van der Waals surface area contributed by atoms with Crippen LogP contribution in [-0.4, -0.2) is 37.9 Å². The van der Waals surface area contributed by atoms with E-state index < -0.39 is 11.7 Å². The van der Waals surface area contributed by atoms with E-state index in [1.165, 1.54) is 12.1 Å². The summed E-state index contributed by atoms with van der Waals surface area (Å²) in [6.07, 6.45) is -2.61. The highest BCUT2D eigenvalue weighted by Crippen LogP contribution is 2.35. The summed E-state index contributed by atoms with van der Waals surface area (Å²) in [5, 5.41) is 7.78. The molecule has 2 aromatic rings. The van der Waals surface area contributed by atoms with Gasteiger partial charge in [-0.1, -0.05) is 17.3 Å². The van der Waals surface area contributed by atoms with Crippen molar-refractivity contribution in [1.29, 1.82) is 0 Å². The van der Waals surface area contributed by atoms with E-state index in [0.29, 0.717) is 12.1 Å². The normalized spacial score (nSPS) is 19.9. The Balaban J connectivity index is 1.85. The molecule has 1 saturated heterocycles. The summed E-state index contributed by atoms with van der Waals surface area (Å²) < 4.78 is 40.6. The van der Waals surface area contributed by atoms with E-state index in [1.54, 1.807) is 28.7 Å². The van der Waals surface area contributed by atoms with Gasteiger partial charge in [0.25, 0.3) is 0 Å². The number of alkyl halides is 3. The molecular weight excluding hydrogens is 325 g/mol. The predicted octanol–water partition coefficient (Wildman–Crippen LogP) is 3.12. The van der Waals surface area contributed by atoms with E-state index in [-0.39, 0.29) is 6.04 Å². The molecule has 1 aliphatic rings. The largest absolute Gasteiger partial charge is 0.416 e. The molecule has 0 aliphatic carbocycles. The summed E-state index contributed by atoms with van der Waals surface area (Å²) in [7, 11) is 1.82. The molecule has 8 heteroatoms. The minimum absolute atomic E-state index is 0.0362. The number of aryl methyl sites for hydroxylation is 1. The van der Waals surface area contributed by atoms with Crippen molar-refractivity contribution in [3.05, 3.63) is 47.3 Å². The first kappa shape index (κ1) is 16.3. The molecule has 1 aromatic carbocycles. The van der Waals surface area contributed by atoms with Crippen molar-refractivity contribution in [2.75, 3.05) is 18.1 Å². The van der Waals surface area contributed by atoms with Gasteiger partial charge < -0.3 is 0 Å². The van der Waals surface area contributed by atoms with Crippen LogP contribution in [0.25, 0.3) is 0 Å². The van der Waals surface area contributed by atoms with Crippen LogP contribution in [0.15, 0.2) is 30.5 Å². The molecule has 23 heavy (non-hydrogen) atoms. The molecular formula is C15H17F3N4S. The number of nitrogens with zero attached hydrogens (tertiary/aromatic N) is 4. The monoisotopic (exact) mass is 342 g/mol. The highest BCUT2D eigenvalue weighted by molar-refractivity contribution is 7.99. The van der Waals surface area contributed by atoms with Crippen LogP contribution in [0.4, 0.5) is 13.2 Å². The molecule has 0 N–H and O–H groups in total. The number of hydrogen-bond donors (Lipinski definition) is 0. The van der Waals surface area contributed by atoms with Crippen molar-refractivity contribution in [1.82, 2.24) is 19.9 Å². The number of halogens is 3. The molecule has 1 aromatic heterocycles. The minimum atomic E-state index is -4.31. The zero-order chi connectivity index (χ0) is 16.4. The first-order valence-corrected chi connectivity index (χ1v) is 8.43. The Morgan fingerprint density at radius 1 is 1.35 bits per heavy atom. The van der Waals surface area contributed by atoms with Crippen LogP contribution in [0.5, 0.6) is 0 Å². The summed E-state index contributed by atoms with van der Waals surface area (Å²) >= 11 is 1.77. The fourth-order valence-electron chi connectivity index (χ4n) is 2.72. The second kappa shape index (κ2) is 6.52.